The summed E-state index contributed by atoms with van der Waals surface area (Å²) in [5, 5.41) is 16.4. The lowest BCUT2D eigenvalue weighted by molar-refractivity contribution is -0.384. The highest BCUT2D eigenvalue weighted by molar-refractivity contribution is 8.00. The number of non-ortho nitro benzene ring substituents is 1. The maximum absolute atomic E-state index is 12.3. The predicted molar refractivity (Wildman–Crippen MR) is 123 cm³/mol. The quantitative estimate of drug-likeness (QED) is 0.302. The molecule has 0 saturated carbocycles. The third kappa shape index (κ3) is 6.16. The molecule has 3 rings (SSSR count). The zero-order chi connectivity index (χ0) is 22.4. The minimum absolute atomic E-state index is 0.0144. The Morgan fingerprint density at radius 3 is 2.35 bits per heavy atom. The molecule has 0 saturated heterocycles. The van der Waals surface area contributed by atoms with Gasteiger partial charge in [0.25, 0.3) is 11.6 Å². The molecule has 0 aromatic heterocycles. The number of carbonyl (C=O) groups is 2. The topological polar surface area (TPSA) is 101 Å². The molecule has 0 heterocycles. The highest BCUT2D eigenvalue weighted by Gasteiger charge is 2.11. The molecule has 2 amide bonds. The Morgan fingerprint density at radius 2 is 1.71 bits per heavy atom. The first kappa shape index (κ1) is 22.0. The van der Waals surface area contributed by atoms with E-state index in [-0.39, 0.29) is 23.3 Å². The van der Waals surface area contributed by atoms with Gasteiger partial charge in [-0.15, -0.1) is 11.8 Å². The number of anilines is 2. The Hall–Kier alpha value is -3.65. The van der Waals surface area contributed by atoms with Crippen LogP contribution in [0.2, 0.25) is 0 Å². The fourth-order valence-corrected chi connectivity index (χ4v) is 3.56. The van der Waals surface area contributed by atoms with Crippen molar-refractivity contribution in [1.29, 1.82) is 0 Å². The number of nitrogens with one attached hydrogen (secondary N) is 2. The molecule has 158 valence electrons. The number of hydrogen-bond acceptors (Lipinski definition) is 5. The fourth-order valence-electron chi connectivity index (χ4n) is 2.86. The molecule has 0 fully saturated rings. The summed E-state index contributed by atoms with van der Waals surface area (Å²) in [6.45, 7) is 3.64. The van der Waals surface area contributed by atoms with E-state index in [4.69, 9.17) is 0 Å². The van der Waals surface area contributed by atoms with E-state index in [9.17, 15) is 19.7 Å². The van der Waals surface area contributed by atoms with E-state index < -0.39 is 4.92 Å². The van der Waals surface area contributed by atoms with Crippen molar-refractivity contribution in [3.8, 4) is 0 Å². The summed E-state index contributed by atoms with van der Waals surface area (Å²) in [7, 11) is 0. The minimum atomic E-state index is -0.471. The number of thioether (sulfide) groups is 1. The van der Waals surface area contributed by atoms with Crippen LogP contribution in [-0.4, -0.2) is 22.5 Å². The SMILES string of the molecule is Cc1cccc(C(=O)Nc2ccc(SCC(=O)Nc3ccc([N+](=O)[O-])cc3C)cc2)c1. The van der Waals surface area contributed by atoms with Gasteiger partial charge < -0.3 is 10.6 Å². The molecule has 31 heavy (non-hydrogen) atoms. The molecule has 0 spiro atoms. The van der Waals surface area contributed by atoms with Crippen molar-refractivity contribution in [2.75, 3.05) is 16.4 Å². The normalized spacial score (nSPS) is 10.4. The van der Waals surface area contributed by atoms with Gasteiger partial charge in [-0.3, -0.25) is 19.7 Å². The van der Waals surface area contributed by atoms with Crippen LogP contribution in [0.3, 0.4) is 0 Å². The smallest absolute Gasteiger partial charge is 0.269 e. The summed E-state index contributed by atoms with van der Waals surface area (Å²) < 4.78 is 0. The van der Waals surface area contributed by atoms with Crippen LogP contribution in [0, 0.1) is 24.0 Å². The number of nitro groups is 1. The second-order valence-electron chi connectivity index (χ2n) is 6.94. The Balaban J connectivity index is 1.52. The molecule has 3 aromatic carbocycles. The van der Waals surface area contributed by atoms with Gasteiger partial charge in [0.2, 0.25) is 5.91 Å². The predicted octanol–water partition coefficient (Wildman–Crippen LogP) is 5.19. The van der Waals surface area contributed by atoms with Crippen molar-refractivity contribution >= 4 is 40.6 Å². The van der Waals surface area contributed by atoms with Crippen LogP contribution in [0.1, 0.15) is 21.5 Å². The summed E-state index contributed by atoms with van der Waals surface area (Å²) >= 11 is 1.35. The number of aryl methyl sites for hydroxylation is 2. The van der Waals surface area contributed by atoms with Crippen molar-refractivity contribution in [2.24, 2.45) is 0 Å². The van der Waals surface area contributed by atoms with Gasteiger partial charge in [-0.1, -0.05) is 17.7 Å². The first-order chi connectivity index (χ1) is 14.8. The minimum Gasteiger partial charge on any atom is -0.325 e. The van der Waals surface area contributed by atoms with E-state index in [1.54, 1.807) is 25.1 Å². The van der Waals surface area contributed by atoms with Crippen molar-refractivity contribution < 1.29 is 14.5 Å². The van der Waals surface area contributed by atoms with Crippen molar-refractivity contribution in [1.82, 2.24) is 0 Å². The number of amides is 2. The molecule has 0 unspecified atom stereocenters. The zero-order valence-electron chi connectivity index (χ0n) is 17.0. The summed E-state index contributed by atoms with van der Waals surface area (Å²) in [5.74, 6) is -0.202. The Labute approximate surface area is 184 Å². The van der Waals surface area contributed by atoms with Gasteiger partial charge in [-0.05, 0) is 61.9 Å². The summed E-state index contributed by atoms with van der Waals surface area (Å²) in [4.78, 5) is 35.8. The van der Waals surface area contributed by atoms with Crippen LogP contribution < -0.4 is 10.6 Å². The van der Waals surface area contributed by atoms with Crippen molar-refractivity contribution in [3.63, 3.8) is 0 Å². The lowest BCUT2D eigenvalue weighted by atomic mass is 10.1. The molecule has 3 aromatic rings. The monoisotopic (exact) mass is 435 g/mol. The molecule has 0 radical (unpaired) electrons. The molecule has 8 heteroatoms. The van der Waals surface area contributed by atoms with Gasteiger partial charge in [0, 0.05) is 34.0 Å². The highest BCUT2D eigenvalue weighted by atomic mass is 32.2. The molecule has 7 nitrogen and oxygen atoms in total. The van der Waals surface area contributed by atoms with Gasteiger partial charge in [0.15, 0.2) is 0 Å². The van der Waals surface area contributed by atoms with Crippen LogP contribution >= 0.6 is 11.8 Å². The molecule has 0 aliphatic heterocycles. The van der Waals surface area contributed by atoms with Gasteiger partial charge in [0.05, 0.1) is 10.7 Å². The molecular formula is C23H21N3O4S. The number of nitrogens with zero attached hydrogens (tertiary/aromatic N) is 1. The zero-order valence-corrected chi connectivity index (χ0v) is 17.9. The Morgan fingerprint density at radius 1 is 0.968 bits per heavy atom. The Bertz CT molecular complexity index is 1130. The van der Waals surface area contributed by atoms with Crippen molar-refractivity contribution in [2.45, 2.75) is 18.7 Å². The molecule has 0 aliphatic rings. The number of rotatable bonds is 7. The van der Waals surface area contributed by atoms with Crippen LogP contribution in [0.5, 0.6) is 0 Å². The summed E-state index contributed by atoms with van der Waals surface area (Å²) in [6, 6.07) is 18.9. The summed E-state index contributed by atoms with van der Waals surface area (Å²) in [6.07, 6.45) is 0. The molecule has 2 N–H and O–H groups in total. The van der Waals surface area contributed by atoms with E-state index >= 15 is 0 Å². The highest BCUT2D eigenvalue weighted by Crippen LogP contribution is 2.23. The second-order valence-corrected chi connectivity index (χ2v) is 7.99. The molecule has 0 bridgehead atoms. The number of carbonyl (C=O) groups excluding carboxylic acids is 2. The van der Waals surface area contributed by atoms with Crippen molar-refractivity contribution in [3.05, 3.63) is 93.5 Å². The van der Waals surface area contributed by atoms with E-state index in [0.717, 1.165) is 10.5 Å². The average Bonchev–Trinajstić information content (AvgIpc) is 2.74. The van der Waals surface area contributed by atoms with Gasteiger partial charge in [-0.2, -0.15) is 0 Å². The number of nitro benzene ring substituents is 1. The maximum atomic E-state index is 12.3. The molecule has 0 atom stereocenters. The van der Waals surface area contributed by atoms with Crippen LogP contribution in [0.15, 0.2) is 71.6 Å². The van der Waals surface area contributed by atoms with Gasteiger partial charge in [-0.25, -0.2) is 0 Å². The first-order valence-corrected chi connectivity index (χ1v) is 10.5. The number of hydrogen-bond donors (Lipinski definition) is 2. The van der Waals surface area contributed by atoms with Gasteiger partial charge >= 0.3 is 0 Å². The largest absolute Gasteiger partial charge is 0.325 e. The lowest BCUT2D eigenvalue weighted by Crippen LogP contribution is -2.15. The van der Waals surface area contributed by atoms with Crippen LogP contribution in [0.4, 0.5) is 17.1 Å². The average molecular weight is 436 g/mol. The first-order valence-electron chi connectivity index (χ1n) is 9.47. The standard InChI is InChI=1S/C23H21N3O4S/c1-15-4-3-5-17(12-15)23(28)24-18-6-9-20(10-7-18)31-14-22(27)25-21-11-8-19(26(29)30)13-16(21)2/h3-13H,14H2,1-2H3,(H,24,28)(H,25,27). The van der Waals surface area contributed by atoms with E-state index in [1.807, 2.05) is 37.3 Å². The summed E-state index contributed by atoms with van der Waals surface area (Å²) in [5.41, 5.74) is 3.44. The fraction of sp³-hybridized carbons (Fsp3) is 0.130. The van der Waals surface area contributed by atoms with Gasteiger partial charge in [0.1, 0.15) is 0 Å². The number of benzene rings is 3. The third-order valence-corrected chi connectivity index (χ3v) is 5.47. The van der Waals surface area contributed by atoms with Crippen LogP contribution in [0.25, 0.3) is 0 Å². The lowest BCUT2D eigenvalue weighted by Gasteiger charge is -2.09. The molecule has 0 aliphatic carbocycles. The second kappa shape index (κ2) is 9.90. The van der Waals surface area contributed by atoms with Crippen LogP contribution in [-0.2, 0) is 4.79 Å². The Kier molecular flexibility index (Phi) is 7.04. The molecular weight excluding hydrogens is 414 g/mol. The third-order valence-electron chi connectivity index (χ3n) is 4.46. The maximum Gasteiger partial charge on any atom is 0.269 e. The van der Waals surface area contributed by atoms with E-state index in [1.165, 1.54) is 30.0 Å². The van der Waals surface area contributed by atoms with E-state index in [0.29, 0.717) is 22.5 Å². The van der Waals surface area contributed by atoms with E-state index in [2.05, 4.69) is 10.6 Å².